The first-order valence-corrected chi connectivity index (χ1v) is 6.45. The van der Waals surface area contributed by atoms with Gasteiger partial charge in [-0.05, 0) is 43.2 Å². The van der Waals surface area contributed by atoms with Crippen molar-refractivity contribution in [2.45, 2.75) is 20.3 Å². The van der Waals surface area contributed by atoms with Crippen LogP contribution in [0.3, 0.4) is 0 Å². The van der Waals surface area contributed by atoms with E-state index in [2.05, 4.69) is 10.3 Å². The highest BCUT2D eigenvalue weighted by Crippen LogP contribution is 2.19. The molecule has 4 nitrogen and oxygen atoms in total. The fraction of sp³-hybridized carbons (Fsp3) is 0.250. The molecule has 0 spiro atoms. The maximum absolute atomic E-state index is 12.0. The summed E-state index contributed by atoms with van der Waals surface area (Å²) >= 11 is 0. The third-order valence-corrected chi connectivity index (χ3v) is 2.98. The molecule has 0 radical (unpaired) electrons. The fourth-order valence-corrected chi connectivity index (χ4v) is 2.04. The van der Waals surface area contributed by atoms with Crippen molar-refractivity contribution in [3.05, 3.63) is 53.2 Å². The van der Waals surface area contributed by atoms with Gasteiger partial charge in [-0.3, -0.25) is 4.79 Å². The summed E-state index contributed by atoms with van der Waals surface area (Å²) in [6.45, 7) is 3.85. The van der Waals surface area contributed by atoms with Crippen molar-refractivity contribution in [2.75, 3.05) is 12.4 Å². The van der Waals surface area contributed by atoms with Gasteiger partial charge in [-0.1, -0.05) is 18.2 Å². The Balaban J connectivity index is 2.03. The minimum atomic E-state index is -0.0762. The quantitative estimate of drug-likeness (QED) is 0.929. The van der Waals surface area contributed by atoms with E-state index in [1.165, 1.54) is 0 Å². The van der Waals surface area contributed by atoms with Gasteiger partial charge in [-0.25, -0.2) is 4.98 Å². The molecule has 4 heteroatoms. The van der Waals surface area contributed by atoms with Crippen LogP contribution >= 0.6 is 0 Å². The zero-order chi connectivity index (χ0) is 14.5. The highest BCUT2D eigenvalue weighted by molar-refractivity contribution is 5.91. The van der Waals surface area contributed by atoms with E-state index >= 15 is 0 Å². The molecular formula is C16H18N2O2. The molecule has 1 aromatic heterocycles. The Morgan fingerprint density at radius 1 is 1.25 bits per heavy atom. The van der Waals surface area contributed by atoms with Gasteiger partial charge in [0.1, 0.15) is 11.6 Å². The molecule has 0 bridgehead atoms. The fourth-order valence-electron chi connectivity index (χ4n) is 2.04. The summed E-state index contributed by atoms with van der Waals surface area (Å²) in [6.07, 6.45) is 0.320. The Labute approximate surface area is 118 Å². The second-order valence-electron chi connectivity index (χ2n) is 4.69. The van der Waals surface area contributed by atoms with Crippen LogP contribution in [0.1, 0.15) is 16.8 Å². The number of carbonyl (C=O) groups excluding carboxylic acids is 1. The standard InChI is InChI=1S/C16H18N2O2/c1-11-9-13(7-8-14(11)20-3)10-16(19)18-15-6-4-5-12(2)17-15/h4-9H,10H2,1-3H3,(H,17,18,19). The number of rotatable bonds is 4. The Kier molecular flexibility index (Phi) is 4.35. The van der Waals surface area contributed by atoms with Gasteiger partial charge in [0, 0.05) is 5.69 Å². The van der Waals surface area contributed by atoms with Crippen molar-refractivity contribution in [1.82, 2.24) is 4.98 Å². The van der Waals surface area contributed by atoms with Gasteiger partial charge in [0.2, 0.25) is 5.91 Å². The minimum absolute atomic E-state index is 0.0762. The van der Waals surface area contributed by atoms with Crippen LogP contribution in [0.2, 0.25) is 0 Å². The molecule has 0 saturated heterocycles. The van der Waals surface area contributed by atoms with E-state index < -0.39 is 0 Å². The zero-order valence-corrected chi connectivity index (χ0v) is 11.9. The summed E-state index contributed by atoms with van der Waals surface area (Å²) < 4.78 is 5.20. The van der Waals surface area contributed by atoms with Gasteiger partial charge in [0.05, 0.1) is 13.5 Å². The van der Waals surface area contributed by atoms with E-state index in [1.54, 1.807) is 13.2 Å². The van der Waals surface area contributed by atoms with Crippen LogP contribution in [0, 0.1) is 13.8 Å². The van der Waals surface area contributed by atoms with E-state index in [0.717, 1.165) is 22.6 Å². The van der Waals surface area contributed by atoms with Crippen molar-refractivity contribution in [2.24, 2.45) is 0 Å². The lowest BCUT2D eigenvalue weighted by Gasteiger charge is -2.08. The lowest BCUT2D eigenvalue weighted by Crippen LogP contribution is -2.15. The van der Waals surface area contributed by atoms with E-state index in [1.807, 2.05) is 44.2 Å². The van der Waals surface area contributed by atoms with Crippen LogP contribution in [-0.4, -0.2) is 18.0 Å². The summed E-state index contributed by atoms with van der Waals surface area (Å²) in [5.41, 5.74) is 2.85. The van der Waals surface area contributed by atoms with Crippen molar-refractivity contribution in [1.29, 1.82) is 0 Å². The number of amides is 1. The van der Waals surface area contributed by atoms with E-state index in [0.29, 0.717) is 12.2 Å². The topological polar surface area (TPSA) is 51.2 Å². The number of aryl methyl sites for hydroxylation is 2. The number of anilines is 1. The number of hydrogen-bond acceptors (Lipinski definition) is 3. The average molecular weight is 270 g/mol. The van der Waals surface area contributed by atoms with Crippen molar-refractivity contribution in [3.8, 4) is 5.75 Å². The van der Waals surface area contributed by atoms with Crippen molar-refractivity contribution >= 4 is 11.7 Å². The van der Waals surface area contributed by atoms with Crippen LogP contribution < -0.4 is 10.1 Å². The van der Waals surface area contributed by atoms with Gasteiger partial charge in [0.25, 0.3) is 0 Å². The molecular weight excluding hydrogens is 252 g/mol. The molecule has 0 aliphatic heterocycles. The van der Waals surface area contributed by atoms with Gasteiger partial charge in [-0.2, -0.15) is 0 Å². The zero-order valence-electron chi connectivity index (χ0n) is 11.9. The second kappa shape index (κ2) is 6.19. The van der Waals surface area contributed by atoms with Crippen molar-refractivity contribution in [3.63, 3.8) is 0 Å². The molecule has 0 fully saturated rings. The third kappa shape index (κ3) is 3.57. The van der Waals surface area contributed by atoms with Gasteiger partial charge in [-0.15, -0.1) is 0 Å². The van der Waals surface area contributed by atoms with Gasteiger partial charge < -0.3 is 10.1 Å². The lowest BCUT2D eigenvalue weighted by atomic mass is 10.1. The third-order valence-electron chi connectivity index (χ3n) is 2.98. The monoisotopic (exact) mass is 270 g/mol. The second-order valence-corrected chi connectivity index (χ2v) is 4.69. The summed E-state index contributed by atoms with van der Waals surface area (Å²) in [6, 6.07) is 11.3. The number of nitrogens with one attached hydrogen (secondary N) is 1. The van der Waals surface area contributed by atoms with Crippen molar-refractivity contribution < 1.29 is 9.53 Å². The van der Waals surface area contributed by atoms with Gasteiger partial charge in [0.15, 0.2) is 0 Å². The predicted octanol–water partition coefficient (Wildman–Crippen LogP) is 2.89. The molecule has 1 aromatic carbocycles. The SMILES string of the molecule is COc1ccc(CC(=O)Nc2cccc(C)n2)cc1C. The molecule has 104 valence electrons. The number of carbonyl (C=O) groups is 1. The Morgan fingerprint density at radius 2 is 2.05 bits per heavy atom. The number of nitrogens with zero attached hydrogens (tertiary/aromatic N) is 1. The van der Waals surface area contributed by atoms with Crippen LogP contribution in [0.25, 0.3) is 0 Å². The number of pyridine rings is 1. The van der Waals surface area contributed by atoms with Crippen LogP contribution in [0.5, 0.6) is 5.75 Å². The average Bonchev–Trinajstić information content (AvgIpc) is 2.38. The van der Waals surface area contributed by atoms with Crippen LogP contribution in [-0.2, 0) is 11.2 Å². The normalized spacial score (nSPS) is 10.2. The maximum Gasteiger partial charge on any atom is 0.229 e. The smallest absolute Gasteiger partial charge is 0.229 e. The van der Waals surface area contributed by atoms with Gasteiger partial charge >= 0.3 is 0 Å². The maximum atomic E-state index is 12.0. The summed E-state index contributed by atoms with van der Waals surface area (Å²) in [7, 11) is 1.64. The Morgan fingerprint density at radius 3 is 2.70 bits per heavy atom. The number of aromatic nitrogens is 1. The molecule has 2 rings (SSSR count). The first-order valence-electron chi connectivity index (χ1n) is 6.45. The summed E-state index contributed by atoms with van der Waals surface area (Å²) in [5, 5.41) is 2.80. The van der Waals surface area contributed by atoms with Crippen LogP contribution in [0.15, 0.2) is 36.4 Å². The molecule has 1 N–H and O–H groups in total. The highest BCUT2D eigenvalue weighted by atomic mass is 16.5. The Hall–Kier alpha value is -2.36. The van der Waals surface area contributed by atoms with E-state index in [9.17, 15) is 4.79 Å². The van der Waals surface area contributed by atoms with E-state index in [-0.39, 0.29) is 5.91 Å². The van der Waals surface area contributed by atoms with Crippen LogP contribution in [0.4, 0.5) is 5.82 Å². The molecule has 1 amide bonds. The number of methoxy groups -OCH3 is 1. The molecule has 1 heterocycles. The molecule has 0 aliphatic carbocycles. The lowest BCUT2D eigenvalue weighted by molar-refractivity contribution is -0.115. The molecule has 20 heavy (non-hydrogen) atoms. The molecule has 0 saturated carbocycles. The highest BCUT2D eigenvalue weighted by Gasteiger charge is 2.07. The summed E-state index contributed by atoms with van der Waals surface area (Å²) in [5.74, 6) is 1.34. The first kappa shape index (κ1) is 14.1. The predicted molar refractivity (Wildman–Crippen MR) is 79.0 cm³/mol. The molecule has 0 atom stereocenters. The molecule has 0 unspecified atom stereocenters. The molecule has 0 aliphatic rings. The van der Waals surface area contributed by atoms with E-state index in [4.69, 9.17) is 4.74 Å². The number of benzene rings is 1. The molecule has 2 aromatic rings. The first-order chi connectivity index (χ1) is 9.58. The minimum Gasteiger partial charge on any atom is -0.496 e. The summed E-state index contributed by atoms with van der Waals surface area (Å²) in [4.78, 5) is 16.2. The Bertz CT molecular complexity index is 624. The number of hydrogen-bond donors (Lipinski definition) is 1. The number of ether oxygens (including phenoxy) is 1. The largest absolute Gasteiger partial charge is 0.496 e.